The maximum atomic E-state index is 12.4. The summed E-state index contributed by atoms with van der Waals surface area (Å²) in [5.41, 5.74) is -0.252. The highest BCUT2D eigenvalue weighted by Crippen LogP contribution is 2.19. The summed E-state index contributed by atoms with van der Waals surface area (Å²) in [6.07, 6.45) is -1.39. The predicted molar refractivity (Wildman–Crippen MR) is 111 cm³/mol. The zero-order valence-corrected chi connectivity index (χ0v) is 17.3. The Labute approximate surface area is 182 Å². The van der Waals surface area contributed by atoms with Crippen molar-refractivity contribution < 1.29 is 33.6 Å². The van der Waals surface area contributed by atoms with Gasteiger partial charge in [-0.15, -0.1) is 0 Å². The number of non-ortho nitro benzene ring substituents is 1. The smallest absolute Gasteiger partial charge is 0.339 e. The number of esters is 2. The molecule has 0 aromatic heterocycles. The highest BCUT2D eigenvalue weighted by Gasteiger charge is 2.24. The molecule has 0 aliphatic carbocycles. The maximum absolute atomic E-state index is 12.4. The van der Waals surface area contributed by atoms with Crippen LogP contribution in [0.3, 0.4) is 0 Å². The van der Waals surface area contributed by atoms with E-state index in [1.807, 2.05) is 11.4 Å². The monoisotopic (exact) mass is 443 g/mol. The van der Waals surface area contributed by atoms with Gasteiger partial charge in [-0.25, -0.2) is 14.4 Å². The second kappa shape index (κ2) is 11.2. The number of benzene rings is 2. The van der Waals surface area contributed by atoms with Gasteiger partial charge >= 0.3 is 18.0 Å². The number of nitrogens with one attached hydrogen (secondary N) is 2. The van der Waals surface area contributed by atoms with Crippen LogP contribution in [0.4, 0.5) is 10.5 Å². The van der Waals surface area contributed by atoms with Gasteiger partial charge < -0.3 is 14.8 Å². The highest BCUT2D eigenvalue weighted by atomic mass is 16.6. The van der Waals surface area contributed by atoms with Crippen molar-refractivity contribution in [3.05, 3.63) is 75.3 Å². The van der Waals surface area contributed by atoms with Gasteiger partial charge in [0.15, 0.2) is 6.10 Å². The third-order valence-electron chi connectivity index (χ3n) is 4.06. The Morgan fingerprint density at radius 2 is 1.66 bits per heavy atom. The molecule has 2 N–H and O–H groups in total. The lowest BCUT2D eigenvalue weighted by atomic mass is 10.1. The van der Waals surface area contributed by atoms with Gasteiger partial charge in [-0.3, -0.25) is 20.2 Å². The Morgan fingerprint density at radius 3 is 2.25 bits per heavy atom. The van der Waals surface area contributed by atoms with E-state index in [0.717, 1.165) is 23.8 Å². The number of nitro groups is 1. The summed E-state index contributed by atoms with van der Waals surface area (Å²) in [6, 6.07) is 11.1. The first-order chi connectivity index (χ1) is 15.2. The topological polar surface area (TPSA) is 154 Å². The van der Waals surface area contributed by atoms with Gasteiger partial charge in [-0.05, 0) is 25.5 Å². The van der Waals surface area contributed by atoms with Gasteiger partial charge in [-0.2, -0.15) is 0 Å². The molecule has 2 aromatic carbocycles. The fourth-order valence-electron chi connectivity index (χ4n) is 2.48. The van der Waals surface area contributed by atoms with Crippen molar-refractivity contribution in [2.24, 2.45) is 0 Å². The van der Waals surface area contributed by atoms with E-state index in [1.54, 1.807) is 31.2 Å². The third kappa shape index (κ3) is 6.90. The van der Waals surface area contributed by atoms with E-state index < -0.39 is 40.6 Å². The van der Waals surface area contributed by atoms with E-state index in [0.29, 0.717) is 0 Å². The lowest BCUT2D eigenvalue weighted by molar-refractivity contribution is -0.384. The molecule has 11 heteroatoms. The van der Waals surface area contributed by atoms with Gasteiger partial charge in [0, 0.05) is 18.7 Å². The number of rotatable bonds is 8. The number of urea groups is 1. The van der Waals surface area contributed by atoms with Gasteiger partial charge in [0.2, 0.25) is 0 Å². The van der Waals surface area contributed by atoms with Crippen LogP contribution in [0, 0.1) is 10.1 Å². The number of nitro benzene ring substituents is 1. The van der Waals surface area contributed by atoms with Gasteiger partial charge in [-0.1, -0.05) is 30.3 Å². The van der Waals surface area contributed by atoms with Crippen LogP contribution in [0.2, 0.25) is 0 Å². The van der Waals surface area contributed by atoms with E-state index >= 15 is 0 Å². The lowest BCUT2D eigenvalue weighted by Crippen LogP contribution is -2.44. The summed E-state index contributed by atoms with van der Waals surface area (Å²) >= 11 is 0. The molecular weight excluding hydrogens is 422 g/mol. The minimum Gasteiger partial charge on any atom is -0.462 e. The van der Waals surface area contributed by atoms with Crippen LogP contribution in [-0.2, 0) is 20.8 Å². The largest absolute Gasteiger partial charge is 0.462 e. The minimum absolute atomic E-state index is 0.0326. The van der Waals surface area contributed by atoms with Crippen molar-refractivity contribution in [1.29, 1.82) is 0 Å². The summed E-state index contributed by atoms with van der Waals surface area (Å²) in [6.45, 7) is 2.99. The number of nitrogens with zero attached hydrogens (tertiary/aromatic N) is 1. The molecule has 0 saturated carbocycles. The van der Waals surface area contributed by atoms with Gasteiger partial charge in [0.05, 0.1) is 22.7 Å². The van der Waals surface area contributed by atoms with Crippen LogP contribution in [0.25, 0.3) is 0 Å². The molecule has 1 unspecified atom stereocenters. The van der Waals surface area contributed by atoms with Crippen LogP contribution in [-0.4, -0.2) is 41.5 Å². The Bertz CT molecular complexity index is 1020. The quantitative estimate of drug-likeness (QED) is 0.358. The molecule has 0 spiro atoms. The summed E-state index contributed by atoms with van der Waals surface area (Å²) in [4.78, 5) is 58.6. The number of imide groups is 1. The van der Waals surface area contributed by atoms with E-state index in [-0.39, 0.29) is 24.3 Å². The zero-order valence-electron chi connectivity index (χ0n) is 17.3. The Hall–Kier alpha value is -4.28. The first-order valence-electron chi connectivity index (χ1n) is 9.51. The van der Waals surface area contributed by atoms with Crippen molar-refractivity contribution in [1.82, 2.24) is 10.6 Å². The number of amides is 3. The van der Waals surface area contributed by atoms with Crippen molar-refractivity contribution >= 4 is 29.6 Å². The number of hydrogen-bond donors (Lipinski definition) is 2. The Morgan fingerprint density at radius 1 is 1.03 bits per heavy atom. The summed E-state index contributed by atoms with van der Waals surface area (Å²) in [5.74, 6) is -2.85. The van der Waals surface area contributed by atoms with E-state index in [4.69, 9.17) is 9.47 Å². The second-order valence-electron chi connectivity index (χ2n) is 6.45. The van der Waals surface area contributed by atoms with Crippen LogP contribution in [0.1, 0.15) is 40.1 Å². The van der Waals surface area contributed by atoms with E-state index in [2.05, 4.69) is 5.32 Å². The molecular formula is C21H21N3O8. The molecule has 2 aromatic rings. The van der Waals surface area contributed by atoms with Crippen molar-refractivity contribution in [3.63, 3.8) is 0 Å². The normalized spacial score (nSPS) is 11.1. The first-order valence-corrected chi connectivity index (χ1v) is 9.51. The molecule has 32 heavy (non-hydrogen) atoms. The Kier molecular flexibility index (Phi) is 8.40. The number of carbonyl (C=O) groups is 4. The molecule has 11 nitrogen and oxygen atoms in total. The molecule has 0 saturated heterocycles. The fourth-order valence-corrected chi connectivity index (χ4v) is 2.48. The highest BCUT2D eigenvalue weighted by molar-refractivity contribution is 6.00. The zero-order chi connectivity index (χ0) is 23.7. The lowest BCUT2D eigenvalue weighted by Gasteiger charge is -2.14. The number of hydrogen-bond acceptors (Lipinski definition) is 8. The van der Waals surface area contributed by atoms with Crippen molar-refractivity contribution in [2.45, 2.75) is 26.5 Å². The Balaban J connectivity index is 2.01. The van der Waals surface area contributed by atoms with Crippen molar-refractivity contribution in [2.75, 3.05) is 6.61 Å². The van der Waals surface area contributed by atoms with Crippen molar-refractivity contribution in [3.8, 4) is 0 Å². The maximum Gasteiger partial charge on any atom is 0.339 e. The van der Waals surface area contributed by atoms with Crippen LogP contribution in [0.5, 0.6) is 0 Å². The molecule has 3 amide bonds. The van der Waals surface area contributed by atoms with E-state index in [1.165, 1.54) is 6.92 Å². The number of carbonyl (C=O) groups excluding carboxylic acids is 4. The van der Waals surface area contributed by atoms with Gasteiger partial charge in [0.1, 0.15) is 0 Å². The molecule has 0 radical (unpaired) electrons. The summed E-state index contributed by atoms with van der Waals surface area (Å²) < 4.78 is 9.78. The second-order valence-corrected chi connectivity index (χ2v) is 6.45. The van der Waals surface area contributed by atoms with E-state index in [9.17, 15) is 29.3 Å². The minimum atomic E-state index is -1.39. The average molecular weight is 443 g/mol. The molecule has 0 heterocycles. The summed E-state index contributed by atoms with van der Waals surface area (Å²) in [7, 11) is 0. The van der Waals surface area contributed by atoms with Crippen LogP contribution < -0.4 is 10.6 Å². The summed E-state index contributed by atoms with van der Waals surface area (Å²) in [5, 5.41) is 15.6. The first kappa shape index (κ1) is 24.0. The molecule has 2 rings (SSSR count). The van der Waals surface area contributed by atoms with Gasteiger partial charge in [0.25, 0.3) is 11.6 Å². The average Bonchev–Trinajstić information content (AvgIpc) is 2.78. The standard InChI is InChI=1S/C21H21N3O8/c1-3-31-19(26)15-9-16(11-17(10-15)24(29)30)20(27)32-13(2)18(25)23-21(28)22-12-14-7-5-4-6-8-14/h4-11,13H,3,12H2,1-2H3,(H2,22,23,25,28). The fraction of sp³-hybridized carbons (Fsp3) is 0.238. The number of ether oxygens (including phenoxy) is 2. The molecule has 1 atom stereocenters. The molecule has 0 aliphatic heterocycles. The molecule has 168 valence electrons. The van der Waals surface area contributed by atoms with Crippen LogP contribution >= 0.6 is 0 Å². The predicted octanol–water partition coefficient (Wildman–Crippen LogP) is 2.34. The molecule has 0 fully saturated rings. The third-order valence-corrected chi connectivity index (χ3v) is 4.06. The van der Waals surface area contributed by atoms with Crippen LogP contribution in [0.15, 0.2) is 48.5 Å². The molecule has 0 bridgehead atoms. The SMILES string of the molecule is CCOC(=O)c1cc(C(=O)OC(C)C(=O)NC(=O)NCc2ccccc2)cc([N+](=O)[O-])c1. The molecule has 0 aliphatic rings.